The summed E-state index contributed by atoms with van der Waals surface area (Å²) in [7, 11) is 0. The Hall–Kier alpha value is -2.37. The smallest absolute Gasteiger partial charge is 0.339 e. The van der Waals surface area contributed by atoms with Gasteiger partial charge in [-0.05, 0) is 29.7 Å². The van der Waals surface area contributed by atoms with Crippen LogP contribution in [0.1, 0.15) is 23.5 Å². The van der Waals surface area contributed by atoms with Crippen molar-refractivity contribution >= 4 is 11.7 Å². The minimum atomic E-state index is -1.39. The summed E-state index contributed by atoms with van der Waals surface area (Å²) in [6.45, 7) is 3.45. The van der Waals surface area contributed by atoms with Crippen LogP contribution in [0.2, 0.25) is 0 Å². The first-order valence-corrected chi connectivity index (χ1v) is 9.03. The maximum atomic E-state index is 12.3. The average Bonchev–Trinajstić information content (AvgIpc) is 3.41. The number of esters is 1. The summed E-state index contributed by atoms with van der Waals surface area (Å²) in [4.78, 5) is 14.6. The van der Waals surface area contributed by atoms with Gasteiger partial charge in [-0.2, -0.15) is 0 Å². The SMILES string of the molecule is O=C(OCc1ccccc1)C1(O)CC1c1ccc(N2CCOCC2)cc1. The van der Waals surface area contributed by atoms with E-state index < -0.39 is 11.6 Å². The Balaban J connectivity index is 1.36. The third-order valence-electron chi connectivity index (χ3n) is 5.17. The second-order valence-corrected chi connectivity index (χ2v) is 6.93. The van der Waals surface area contributed by atoms with Crippen molar-refractivity contribution in [2.75, 3.05) is 31.2 Å². The summed E-state index contributed by atoms with van der Waals surface area (Å²) in [6, 6.07) is 17.6. The summed E-state index contributed by atoms with van der Waals surface area (Å²) in [5.74, 6) is -0.729. The Morgan fingerprint density at radius 3 is 2.50 bits per heavy atom. The van der Waals surface area contributed by atoms with Crippen LogP contribution in [-0.2, 0) is 20.9 Å². The van der Waals surface area contributed by atoms with Crippen LogP contribution in [0.15, 0.2) is 54.6 Å². The Bertz CT molecular complexity index is 755. The molecule has 1 N–H and O–H groups in total. The van der Waals surface area contributed by atoms with E-state index in [1.54, 1.807) is 0 Å². The lowest BCUT2D eigenvalue weighted by Gasteiger charge is -2.29. The van der Waals surface area contributed by atoms with Gasteiger partial charge in [-0.1, -0.05) is 42.5 Å². The molecule has 136 valence electrons. The van der Waals surface area contributed by atoms with Crippen molar-refractivity contribution in [2.45, 2.75) is 24.5 Å². The first-order valence-electron chi connectivity index (χ1n) is 9.03. The van der Waals surface area contributed by atoms with Crippen LogP contribution in [0.25, 0.3) is 0 Å². The molecule has 0 bridgehead atoms. The number of anilines is 1. The molecule has 4 rings (SSSR count). The van der Waals surface area contributed by atoms with Crippen LogP contribution < -0.4 is 4.90 Å². The topological polar surface area (TPSA) is 59.0 Å². The zero-order chi connectivity index (χ0) is 18.0. The third kappa shape index (κ3) is 3.45. The summed E-state index contributed by atoms with van der Waals surface area (Å²) >= 11 is 0. The number of rotatable bonds is 5. The lowest BCUT2D eigenvalue weighted by molar-refractivity contribution is -0.157. The normalized spacial score (nSPS) is 25.0. The number of morpholine rings is 1. The number of carbonyl (C=O) groups excluding carboxylic acids is 1. The fourth-order valence-electron chi connectivity index (χ4n) is 3.46. The molecule has 26 heavy (non-hydrogen) atoms. The summed E-state index contributed by atoms with van der Waals surface area (Å²) in [5.41, 5.74) is 1.64. The quantitative estimate of drug-likeness (QED) is 0.837. The van der Waals surface area contributed by atoms with E-state index in [0.29, 0.717) is 6.42 Å². The number of carbonyl (C=O) groups is 1. The highest BCUT2D eigenvalue weighted by molar-refractivity contribution is 5.85. The number of benzene rings is 2. The number of aliphatic hydroxyl groups is 1. The van der Waals surface area contributed by atoms with E-state index >= 15 is 0 Å². The van der Waals surface area contributed by atoms with Crippen molar-refractivity contribution in [3.05, 3.63) is 65.7 Å². The molecule has 2 aliphatic rings. The maximum absolute atomic E-state index is 12.3. The number of hydrogen-bond donors (Lipinski definition) is 1. The molecule has 1 aliphatic heterocycles. The Labute approximate surface area is 153 Å². The van der Waals surface area contributed by atoms with Crippen LogP contribution in [0.5, 0.6) is 0 Å². The molecular formula is C21H23NO4. The van der Waals surface area contributed by atoms with Crippen molar-refractivity contribution in [1.29, 1.82) is 0 Å². The van der Waals surface area contributed by atoms with Gasteiger partial charge in [0.25, 0.3) is 0 Å². The minimum absolute atomic E-state index is 0.185. The van der Waals surface area contributed by atoms with Crippen molar-refractivity contribution in [3.63, 3.8) is 0 Å². The maximum Gasteiger partial charge on any atom is 0.339 e. The molecule has 1 saturated carbocycles. The molecule has 5 nitrogen and oxygen atoms in total. The molecule has 5 heteroatoms. The number of hydrogen-bond acceptors (Lipinski definition) is 5. The fourth-order valence-corrected chi connectivity index (χ4v) is 3.46. The lowest BCUT2D eigenvalue weighted by atomic mass is 10.1. The molecule has 0 radical (unpaired) electrons. The fraction of sp³-hybridized carbons (Fsp3) is 0.381. The van der Waals surface area contributed by atoms with Gasteiger partial charge in [-0.25, -0.2) is 4.79 Å². The zero-order valence-corrected chi connectivity index (χ0v) is 14.6. The van der Waals surface area contributed by atoms with Gasteiger partial charge in [0.2, 0.25) is 0 Å². The lowest BCUT2D eigenvalue weighted by Crippen LogP contribution is -2.36. The standard InChI is InChI=1S/C21H23NO4/c23-20(26-15-16-4-2-1-3-5-16)21(24)14-19(21)17-6-8-18(9-7-17)22-10-12-25-13-11-22/h1-9,19,24H,10-15H2. The first-order chi connectivity index (χ1) is 12.7. The van der Waals surface area contributed by atoms with Gasteiger partial charge in [0, 0.05) is 24.7 Å². The predicted octanol–water partition coefficient (Wildman–Crippen LogP) is 2.49. The van der Waals surface area contributed by atoms with Gasteiger partial charge >= 0.3 is 5.97 Å². The van der Waals surface area contributed by atoms with Gasteiger partial charge in [0.15, 0.2) is 5.60 Å². The van der Waals surface area contributed by atoms with Gasteiger partial charge in [-0.15, -0.1) is 0 Å². The molecule has 1 heterocycles. The predicted molar refractivity (Wildman–Crippen MR) is 98.0 cm³/mol. The highest BCUT2D eigenvalue weighted by Gasteiger charge is 2.61. The Morgan fingerprint density at radius 2 is 1.81 bits per heavy atom. The Kier molecular flexibility index (Phi) is 4.66. The van der Waals surface area contributed by atoms with E-state index in [2.05, 4.69) is 17.0 Å². The van der Waals surface area contributed by atoms with E-state index in [4.69, 9.17) is 9.47 Å². The minimum Gasteiger partial charge on any atom is -0.459 e. The molecule has 0 spiro atoms. The monoisotopic (exact) mass is 353 g/mol. The summed E-state index contributed by atoms with van der Waals surface area (Å²) in [5, 5.41) is 10.6. The van der Waals surface area contributed by atoms with E-state index in [-0.39, 0.29) is 12.5 Å². The van der Waals surface area contributed by atoms with Crippen LogP contribution >= 0.6 is 0 Å². The largest absolute Gasteiger partial charge is 0.459 e. The molecule has 2 aromatic rings. The molecule has 2 unspecified atom stereocenters. The third-order valence-corrected chi connectivity index (χ3v) is 5.17. The second kappa shape index (κ2) is 7.09. The second-order valence-electron chi connectivity index (χ2n) is 6.93. The van der Waals surface area contributed by atoms with Crippen LogP contribution in [0, 0.1) is 0 Å². The Morgan fingerprint density at radius 1 is 1.12 bits per heavy atom. The highest BCUT2D eigenvalue weighted by Crippen LogP contribution is 2.52. The first kappa shape index (κ1) is 17.1. The molecule has 2 atom stereocenters. The molecule has 2 fully saturated rings. The summed E-state index contributed by atoms with van der Waals surface area (Å²) in [6.07, 6.45) is 0.414. The van der Waals surface area contributed by atoms with Crippen LogP contribution in [-0.4, -0.2) is 43.0 Å². The van der Waals surface area contributed by atoms with Crippen molar-refractivity contribution < 1.29 is 19.4 Å². The molecule has 1 aliphatic carbocycles. The van der Waals surface area contributed by atoms with E-state index in [1.807, 2.05) is 42.5 Å². The highest BCUT2D eigenvalue weighted by atomic mass is 16.6. The van der Waals surface area contributed by atoms with E-state index in [0.717, 1.165) is 43.1 Å². The molecule has 1 saturated heterocycles. The van der Waals surface area contributed by atoms with Crippen molar-refractivity contribution in [1.82, 2.24) is 0 Å². The van der Waals surface area contributed by atoms with E-state index in [9.17, 15) is 9.90 Å². The molecule has 2 aromatic carbocycles. The molecule has 0 aromatic heterocycles. The molecule has 0 amide bonds. The van der Waals surface area contributed by atoms with Crippen LogP contribution in [0.4, 0.5) is 5.69 Å². The van der Waals surface area contributed by atoms with Crippen LogP contribution in [0.3, 0.4) is 0 Å². The van der Waals surface area contributed by atoms with Crippen molar-refractivity contribution in [2.24, 2.45) is 0 Å². The number of ether oxygens (including phenoxy) is 2. The van der Waals surface area contributed by atoms with E-state index in [1.165, 1.54) is 0 Å². The zero-order valence-electron chi connectivity index (χ0n) is 14.6. The van der Waals surface area contributed by atoms with Gasteiger partial charge in [0.05, 0.1) is 13.2 Å². The summed E-state index contributed by atoms with van der Waals surface area (Å²) < 4.78 is 10.7. The van der Waals surface area contributed by atoms with Crippen molar-refractivity contribution in [3.8, 4) is 0 Å². The molecular weight excluding hydrogens is 330 g/mol. The van der Waals surface area contributed by atoms with Gasteiger partial charge in [0.1, 0.15) is 6.61 Å². The van der Waals surface area contributed by atoms with Gasteiger partial charge in [-0.3, -0.25) is 0 Å². The average molecular weight is 353 g/mol. The number of nitrogens with zero attached hydrogens (tertiary/aromatic N) is 1. The van der Waals surface area contributed by atoms with Gasteiger partial charge < -0.3 is 19.5 Å².